The second-order valence-electron chi connectivity index (χ2n) is 11.1. The average Bonchev–Trinajstić information content (AvgIpc) is 2.78. The highest BCUT2D eigenvalue weighted by Gasteiger charge is 2.41. The molecule has 0 aliphatic rings. The average molecular weight is 489 g/mol. The molecule has 0 aliphatic carbocycles. The Labute approximate surface area is 210 Å². The number of aliphatic hydroxyl groups is 1. The number of nitrogens with zero attached hydrogens (tertiary/aromatic N) is 1. The predicted octanol–water partition coefficient (Wildman–Crippen LogP) is 3.85. The van der Waals surface area contributed by atoms with Gasteiger partial charge in [-0.2, -0.15) is 0 Å². The van der Waals surface area contributed by atoms with Gasteiger partial charge in [-0.05, 0) is 30.7 Å². The number of nitrogens with one attached hydrogen (secondary N) is 1. The van der Waals surface area contributed by atoms with Gasteiger partial charge < -0.3 is 20.1 Å². The minimum atomic E-state index is -1.36. The smallest absolute Gasteiger partial charge is 0.333 e. The highest BCUT2D eigenvalue weighted by Crippen LogP contribution is 2.29. The fourth-order valence-electron chi connectivity index (χ4n) is 3.89. The van der Waals surface area contributed by atoms with Crippen LogP contribution in [0.3, 0.4) is 0 Å². The lowest BCUT2D eigenvalue weighted by atomic mass is 9.78. The molecule has 0 heterocycles. The number of esters is 1. The van der Waals surface area contributed by atoms with Crippen LogP contribution in [0.25, 0.3) is 0 Å². The molecule has 1 rings (SSSR count). The summed E-state index contributed by atoms with van der Waals surface area (Å²) < 4.78 is 5.08. The van der Waals surface area contributed by atoms with Gasteiger partial charge in [0, 0.05) is 18.0 Å². The predicted molar refractivity (Wildman–Crippen MR) is 139 cm³/mol. The van der Waals surface area contributed by atoms with E-state index >= 15 is 0 Å². The number of ether oxygens (including phenoxy) is 1. The first-order valence-corrected chi connectivity index (χ1v) is 12.2. The zero-order chi connectivity index (χ0) is 27.1. The fourth-order valence-corrected chi connectivity index (χ4v) is 3.89. The number of rotatable bonds is 10. The highest BCUT2D eigenvalue weighted by atomic mass is 16.5. The lowest BCUT2D eigenvalue weighted by molar-refractivity contribution is -0.143. The zero-order valence-electron chi connectivity index (χ0n) is 23.0. The van der Waals surface area contributed by atoms with E-state index in [1.165, 1.54) is 0 Å². The largest absolute Gasteiger partial charge is 0.463 e. The molecule has 0 aliphatic heterocycles. The van der Waals surface area contributed by atoms with Gasteiger partial charge >= 0.3 is 5.97 Å². The normalized spacial score (nSPS) is 15.3. The molecule has 0 aromatic heterocycles. The van der Waals surface area contributed by atoms with Gasteiger partial charge in [0.25, 0.3) is 0 Å². The maximum absolute atomic E-state index is 13.7. The third kappa shape index (κ3) is 7.92. The number of likely N-dealkylation sites (N-methyl/N-ethyl adjacent to an activating group) is 1. The molecular formula is C28H44N2O5. The van der Waals surface area contributed by atoms with E-state index in [1.54, 1.807) is 45.7 Å². The van der Waals surface area contributed by atoms with E-state index < -0.39 is 34.9 Å². The van der Waals surface area contributed by atoms with Crippen molar-refractivity contribution in [2.45, 2.75) is 85.9 Å². The standard InChI is InChI=1S/C28H44N2O5/c1-11-35-26(34)19(4)17-21(18(2)3)30(10)25(33)22(27(5,6)7)29-24(32)23(31)28(8,9)20-15-13-12-14-16-20/h12-18,21-23,31H,11H2,1-10H3,(H,29,32)/t21-,22-,23+/m1/s1. The van der Waals surface area contributed by atoms with Gasteiger partial charge in [0.15, 0.2) is 0 Å². The van der Waals surface area contributed by atoms with Crippen molar-refractivity contribution in [1.29, 1.82) is 0 Å². The second kappa shape index (κ2) is 12.3. The van der Waals surface area contributed by atoms with E-state index in [-0.39, 0.29) is 24.5 Å². The first-order valence-electron chi connectivity index (χ1n) is 12.2. The van der Waals surface area contributed by atoms with E-state index in [9.17, 15) is 19.5 Å². The molecule has 196 valence electrons. The summed E-state index contributed by atoms with van der Waals surface area (Å²) in [4.78, 5) is 40.6. The van der Waals surface area contributed by atoms with E-state index in [4.69, 9.17) is 4.74 Å². The Hall–Kier alpha value is -2.67. The summed E-state index contributed by atoms with van der Waals surface area (Å²) in [7, 11) is 1.66. The summed E-state index contributed by atoms with van der Waals surface area (Å²) >= 11 is 0. The Morgan fingerprint density at radius 2 is 1.63 bits per heavy atom. The van der Waals surface area contributed by atoms with Crippen LogP contribution in [0, 0.1) is 11.3 Å². The molecule has 1 aromatic rings. The van der Waals surface area contributed by atoms with Gasteiger partial charge in [-0.15, -0.1) is 0 Å². The van der Waals surface area contributed by atoms with Crippen LogP contribution in [0.5, 0.6) is 0 Å². The molecule has 0 spiro atoms. The molecule has 2 amide bonds. The van der Waals surface area contributed by atoms with Crippen LogP contribution < -0.4 is 5.32 Å². The quantitative estimate of drug-likeness (QED) is 0.385. The van der Waals surface area contributed by atoms with Gasteiger partial charge in [0.1, 0.15) is 12.1 Å². The lowest BCUT2D eigenvalue weighted by Crippen LogP contribution is -2.59. The first kappa shape index (κ1) is 30.4. The molecule has 7 nitrogen and oxygen atoms in total. The Morgan fingerprint density at radius 1 is 1.09 bits per heavy atom. The number of benzene rings is 1. The van der Waals surface area contributed by atoms with Crippen molar-refractivity contribution < 1.29 is 24.2 Å². The molecule has 0 unspecified atom stereocenters. The summed E-state index contributed by atoms with van der Waals surface area (Å²) in [5.41, 5.74) is -0.249. The number of carbonyl (C=O) groups excluding carboxylic acids is 3. The number of hydrogen-bond acceptors (Lipinski definition) is 5. The second-order valence-corrected chi connectivity index (χ2v) is 11.1. The van der Waals surface area contributed by atoms with Crippen LogP contribution in [-0.4, -0.2) is 59.6 Å². The third-order valence-electron chi connectivity index (χ3n) is 6.35. The molecule has 0 saturated heterocycles. The monoisotopic (exact) mass is 488 g/mol. The summed E-state index contributed by atoms with van der Waals surface area (Å²) in [5.74, 6) is -1.33. The van der Waals surface area contributed by atoms with Crippen molar-refractivity contribution in [3.05, 3.63) is 47.5 Å². The maximum Gasteiger partial charge on any atom is 0.333 e. The van der Waals surface area contributed by atoms with Gasteiger partial charge in [-0.3, -0.25) is 9.59 Å². The minimum Gasteiger partial charge on any atom is -0.463 e. The molecule has 3 atom stereocenters. The summed E-state index contributed by atoms with van der Waals surface area (Å²) in [5, 5.41) is 13.8. The van der Waals surface area contributed by atoms with Gasteiger partial charge in [0.2, 0.25) is 11.8 Å². The molecule has 1 aromatic carbocycles. The SMILES string of the molecule is CCOC(=O)C(C)=C[C@H](C(C)C)N(C)C(=O)[C@@H](NC(=O)[C@H](O)C(C)(C)c1ccccc1)C(C)(C)C. The molecule has 0 fully saturated rings. The lowest BCUT2D eigenvalue weighted by Gasteiger charge is -2.39. The highest BCUT2D eigenvalue weighted by molar-refractivity contribution is 5.91. The van der Waals surface area contributed by atoms with Crippen molar-refractivity contribution in [3.63, 3.8) is 0 Å². The Balaban J connectivity index is 3.22. The maximum atomic E-state index is 13.7. The topological polar surface area (TPSA) is 95.9 Å². The summed E-state index contributed by atoms with van der Waals surface area (Å²) in [6, 6.07) is 8.04. The van der Waals surface area contributed by atoms with Crippen molar-refractivity contribution in [1.82, 2.24) is 10.2 Å². The molecule has 7 heteroatoms. The van der Waals surface area contributed by atoms with E-state index in [0.29, 0.717) is 5.57 Å². The van der Waals surface area contributed by atoms with Crippen molar-refractivity contribution in [3.8, 4) is 0 Å². The Kier molecular flexibility index (Phi) is 10.7. The van der Waals surface area contributed by atoms with Crippen LogP contribution in [0.4, 0.5) is 0 Å². The summed E-state index contributed by atoms with van der Waals surface area (Å²) in [6.45, 7) is 16.8. The van der Waals surface area contributed by atoms with Crippen LogP contribution in [-0.2, 0) is 24.5 Å². The molecule has 2 N–H and O–H groups in total. The Morgan fingerprint density at radius 3 is 2.09 bits per heavy atom. The van der Waals surface area contributed by atoms with Crippen LogP contribution >= 0.6 is 0 Å². The van der Waals surface area contributed by atoms with E-state index in [2.05, 4.69) is 5.32 Å². The van der Waals surface area contributed by atoms with Crippen molar-refractivity contribution >= 4 is 17.8 Å². The molecule has 0 bridgehead atoms. The van der Waals surface area contributed by atoms with Crippen LogP contribution in [0.2, 0.25) is 0 Å². The van der Waals surface area contributed by atoms with Gasteiger partial charge in [-0.25, -0.2) is 4.79 Å². The Bertz CT molecular complexity index is 900. The minimum absolute atomic E-state index is 0.00671. The van der Waals surface area contributed by atoms with Gasteiger partial charge in [0.05, 0.1) is 12.6 Å². The van der Waals surface area contributed by atoms with Crippen molar-refractivity contribution in [2.24, 2.45) is 11.3 Å². The first-order chi connectivity index (χ1) is 16.0. The molecule has 0 radical (unpaired) electrons. The number of aliphatic hydroxyl groups excluding tert-OH is 1. The van der Waals surface area contributed by atoms with Crippen LogP contribution in [0.15, 0.2) is 42.0 Å². The van der Waals surface area contributed by atoms with Gasteiger partial charge in [-0.1, -0.05) is 84.9 Å². The van der Waals surface area contributed by atoms with E-state index in [0.717, 1.165) is 5.56 Å². The third-order valence-corrected chi connectivity index (χ3v) is 6.35. The molecule has 0 saturated carbocycles. The van der Waals surface area contributed by atoms with Crippen molar-refractivity contribution in [2.75, 3.05) is 13.7 Å². The zero-order valence-corrected chi connectivity index (χ0v) is 23.0. The fraction of sp³-hybridized carbons (Fsp3) is 0.607. The molecular weight excluding hydrogens is 444 g/mol. The van der Waals surface area contributed by atoms with E-state index in [1.807, 2.05) is 65.0 Å². The number of amides is 2. The number of carbonyl (C=O) groups is 3. The number of hydrogen-bond donors (Lipinski definition) is 2. The van der Waals surface area contributed by atoms with Crippen LogP contribution in [0.1, 0.15) is 67.9 Å². The molecule has 35 heavy (non-hydrogen) atoms. The summed E-state index contributed by atoms with van der Waals surface area (Å²) in [6.07, 6.45) is 0.370.